The van der Waals surface area contributed by atoms with Gasteiger partial charge >= 0.3 is 13.9 Å². The first-order valence-electron chi connectivity index (χ1n) is 6.56. The molecule has 0 saturated carbocycles. The van der Waals surface area contributed by atoms with E-state index >= 15 is 0 Å². The molecule has 1 heterocycles. The van der Waals surface area contributed by atoms with E-state index in [1.807, 2.05) is 30.3 Å². The minimum atomic E-state index is -3.99. The molecule has 2 rings (SSSR count). The number of rotatable bonds is 6. The summed E-state index contributed by atoms with van der Waals surface area (Å²) in [6, 6.07) is 8.55. The molecule has 120 valence electrons. The number of phosphoric ester groups is 1. The van der Waals surface area contributed by atoms with Crippen LogP contribution in [0.4, 0.5) is 4.79 Å². The molecule has 0 bridgehead atoms. The van der Waals surface area contributed by atoms with Crippen molar-refractivity contribution < 1.29 is 27.8 Å². The van der Waals surface area contributed by atoms with E-state index in [9.17, 15) is 14.2 Å². The number of imide groups is 1. The van der Waals surface area contributed by atoms with Gasteiger partial charge < -0.3 is 5.32 Å². The van der Waals surface area contributed by atoms with Crippen molar-refractivity contribution in [1.82, 2.24) is 10.4 Å². The van der Waals surface area contributed by atoms with Crippen LogP contribution >= 0.6 is 7.82 Å². The number of hydroxylamine groups is 2. The van der Waals surface area contributed by atoms with Crippen LogP contribution in [-0.2, 0) is 29.5 Å². The Bertz CT molecular complexity index is 585. The summed E-state index contributed by atoms with van der Waals surface area (Å²) in [5.74, 6) is -1.12. The number of carbonyl (C=O) groups is 2. The average Bonchev–Trinajstić information content (AvgIpc) is 2.55. The summed E-state index contributed by atoms with van der Waals surface area (Å²) in [7, 11) is -1.80. The highest BCUT2D eigenvalue weighted by molar-refractivity contribution is 7.48. The zero-order valence-electron chi connectivity index (χ0n) is 12.2. The number of nitrogens with one attached hydrogen (secondary N) is 1. The van der Waals surface area contributed by atoms with Gasteiger partial charge in [-0.2, -0.15) is 4.62 Å². The van der Waals surface area contributed by atoms with Crippen molar-refractivity contribution >= 4 is 19.8 Å². The van der Waals surface area contributed by atoms with Crippen LogP contribution in [0.5, 0.6) is 0 Å². The normalized spacial score (nSPS) is 19.2. The summed E-state index contributed by atoms with van der Waals surface area (Å²) in [5, 5.41) is 2.92. The molecule has 3 amide bonds. The Morgan fingerprint density at radius 3 is 2.45 bits per heavy atom. The molecule has 0 radical (unpaired) electrons. The summed E-state index contributed by atoms with van der Waals surface area (Å²) >= 11 is 0. The van der Waals surface area contributed by atoms with Crippen molar-refractivity contribution in [3.05, 3.63) is 35.9 Å². The highest BCUT2D eigenvalue weighted by Crippen LogP contribution is 2.48. The lowest BCUT2D eigenvalue weighted by Gasteiger charge is -2.31. The van der Waals surface area contributed by atoms with E-state index in [2.05, 4.69) is 14.4 Å². The Morgan fingerprint density at radius 1 is 1.23 bits per heavy atom. The van der Waals surface area contributed by atoms with Crippen LogP contribution in [0.3, 0.4) is 0 Å². The van der Waals surface area contributed by atoms with Crippen LogP contribution in [0, 0.1) is 5.92 Å². The van der Waals surface area contributed by atoms with Crippen molar-refractivity contribution in [2.45, 2.75) is 6.42 Å². The van der Waals surface area contributed by atoms with Gasteiger partial charge in [0.1, 0.15) is 0 Å². The number of hydrogen-bond donors (Lipinski definition) is 1. The summed E-state index contributed by atoms with van der Waals surface area (Å²) in [5.41, 5.74) is 0.943. The fourth-order valence-electron chi connectivity index (χ4n) is 2.01. The lowest BCUT2D eigenvalue weighted by atomic mass is 9.97. The molecule has 1 saturated heterocycles. The first kappa shape index (κ1) is 16.6. The van der Waals surface area contributed by atoms with Gasteiger partial charge in [0.25, 0.3) is 5.91 Å². The molecule has 0 aliphatic carbocycles. The van der Waals surface area contributed by atoms with Gasteiger partial charge in [-0.25, -0.2) is 9.36 Å². The number of benzene rings is 1. The second-order valence-electron chi connectivity index (χ2n) is 4.60. The maximum Gasteiger partial charge on any atom is 0.496 e. The molecule has 1 aromatic carbocycles. The number of urea groups is 1. The van der Waals surface area contributed by atoms with E-state index in [1.54, 1.807) is 0 Å². The van der Waals surface area contributed by atoms with Gasteiger partial charge in [-0.15, -0.1) is 5.06 Å². The molecule has 0 spiro atoms. The van der Waals surface area contributed by atoms with E-state index in [1.165, 1.54) is 0 Å². The Hall–Kier alpha value is -1.73. The SMILES string of the molecule is COP(=O)(OC)ON1C(=O)NCC(Cc2ccccc2)C1=O. The van der Waals surface area contributed by atoms with Gasteiger partial charge in [-0.3, -0.25) is 13.8 Å². The molecule has 8 nitrogen and oxygen atoms in total. The number of hydrogen-bond acceptors (Lipinski definition) is 6. The molecule has 1 unspecified atom stereocenters. The van der Waals surface area contributed by atoms with Crippen molar-refractivity contribution in [3.63, 3.8) is 0 Å². The third-order valence-corrected chi connectivity index (χ3v) is 4.45. The predicted octanol–water partition coefficient (Wildman–Crippen LogP) is 1.73. The average molecular weight is 328 g/mol. The van der Waals surface area contributed by atoms with E-state index in [4.69, 9.17) is 4.62 Å². The number of nitrogens with zero attached hydrogens (tertiary/aromatic N) is 1. The smallest absolute Gasteiger partial charge is 0.335 e. The monoisotopic (exact) mass is 328 g/mol. The van der Waals surface area contributed by atoms with Gasteiger partial charge in [-0.1, -0.05) is 30.3 Å². The minimum Gasteiger partial charge on any atom is -0.335 e. The first-order chi connectivity index (χ1) is 10.5. The molecule has 0 aromatic heterocycles. The Morgan fingerprint density at radius 2 is 1.86 bits per heavy atom. The molecule has 1 aliphatic rings. The fourth-order valence-corrected chi connectivity index (χ4v) is 2.65. The van der Waals surface area contributed by atoms with Crippen LogP contribution in [0.2, 0.25) is 0 Å². The fraction of sp³-hybridized carbons (Fsp3) is 0.385. The van der Waals surface area contributed by atoms with Crippen LogP contribution in [0.15, 0.2) is 30.3 Å². The van der Waals surface area contributed by atoms with Crippen molar-refractivity contribution in [2.75, 3.05) is 20.8 Å². The molecular weight excluding hydrogens is 311 g/mol. The molecule has 9 heteroatoms. The maximum absolute atomic E-state index is 12.4. The van der Waals surface area contributed by atoms with Gasteiger partial charge in [0.15, 0.2) is 0 Å². The Kier molecular flexibility index (Phi) is 5.31. The summed E-state index contributed by atoms with van der Waals surface area (Å²) in [4.78, 5) is 24.1. The van der Waals surface area contributed by atoms with Crippen LogP contribution in [0.1, 0.15) is 5.56 Å². The van der Waals surface area contributed by atoms with Crippen molar-refractivity contribution in [2.24, 2.45) is 5.92 Å². The molecular formula is C13H17N2O6P. The largest absolute Gasteiger partial charge is 0.496 e. The molecule has 22 heavy (non-hydrogen) atoms. The van der Waals surface area contributed by atoms with Gasteiger partial charge in [0.05, 0.1) is 5.92 Å². The maximum atomic E-state index is 12.4. The molecule has 1 aromatic rings. The number of amides is 3. The zero-order valence-corrected chi connectivity index (χ0v) is 13.1. The topological polar surface area (TPSA) is 94.2 Å². The molecule has 1 aliphatic heterocycles. The van der Waals surface area contributed by atoms with Crippen molar-refractivity contribution in [3.8, 4) is 0 Å². The van der Waals surface area contributed by atoms with Crippen LogP contribution in [0.25, 0.3) is 0 Å². The van der Waals surface area contributed by atoms with Crippen LogP contribution < -0.4 is 5.32 Å². The third kappa shape index (κ3) is 3.72. The molecule has 1 N–H and O–H groups in total. The number of phosphoric acid groups is 1. The number of carbonyl (C=O) groups excluding carboxylic acids is 2. The molecule has 1 fully saturated rings. The zero-order chi connectivity index (χ0) is 16.2. The summed E-state index contributed by atoms with van der Waals surface area (Å²) in [6.45, 7) is 0.177. The Labute approximate surface area is 127 Å². The van der Waals surface area contributed by atoms with E-state index in [0.717, 1.165) is 19.8 Å². The van der Waals surface area contributed by atoms with E-state index in [-0.39, 0.29) is 6.54 Å². The minimum absolute atomic E-state index is 0.177. The highest BCUT2D eigenvalue weighted by atomic mass is 31.2. The van der Waals surface area contributed by atoms with Gasteiger partial charge in [0, 0.05) is 20.8 Å². The van der Waals surface area contributed by atoms with Crippen molar-refractivity contribution in [1.29, 1.82) is 0 Å². The summed E-state index contributed by atoms with van der Waals surface area (Å²) in [6.07, 6.45) is 0.421. The quantitative estimate of drug-likeness (QED) is 0.799. The second kappa shape index (κ2) is 7.02. The predicted molar refractivity (Wildman–Crippen MR) is 76.6 cm³/mol. The van der Waals surface area contributed by atoms with Gasteiger partial charge in [0.2, 0.25) is 0 Å². The summed E-state index contributed by atoms with van der Waals surface area (Å²) < 4.78 is 25.9. The van der Waals surface area contributed by atoms with Gasteiger partial charge in [-0.05, 0) is 12.0 Å². The first-order valence-corrected chi connectivity index (χ1v) is 8.02. The van der Waals surface area contributed by atoms with Crippen LogP contribution in [-0.4, -0.2) is 37.8 Å². The highest BCUT2D eigenvalue weighted by Gasteiger charge is 2.40. The lowest BCUT2D eigenvalue weighted by Crippen LogP contribution is -2.54. The van der Waals surface area contributed by atoms with E-state index < -0.39 is 25.7 Å². The lowest BCUT2D eigenvalue weighted by molar-refractivity contribution is -0.158. The molecule has 1 atom stereocenters. The third-order valence-electron chi connectivity index (χ3n) is 3.19. The Balaban J connectivity index is 2.12. The van der Waals surface area contributed by atoms with E-state index in [0.29, 0.717) is 11.5 Å². The second-order valence-corrected chi connectivity index (χ2v) is 6.39. The standard InChI is InChI=1S/C13H17N2O6P/c1-19-22(18,20-2)21-15-12(16)11(9-14-13(15)17)8-10-6-4-3-5-7-10/h3-7,11H,8-9H2,1-2H3,(H,14,17).